The normalized spacial score (nSPS) is 23.1. The zero-order valence-electron chi connectivity index (χ0n) is 12.5. The van der Waals surface area contributed by atoms with Gasteiger partial charge in [-0.2, -0.15) is 0 Å². The Morgan fingerprint density at radius 1 is 1.33 bits per heavy atom. The first kappa shape index (κ1) is 15.4. The van der Waals surface area contributed by atoms with E-state index < -0.39 is 0 Å². The summed E-state index contributed by atoms with van der Waals surface area (Å²) in [7, 11) is 0. The standard InChI is InChI=1S/C14H28N2O2/c1-6-18-13(17)7-8-15-9-10-16(11-12(15)2)14(3,4)5/h12H,6-11H2,1-5H3/t12-/m0/s1. The van der Waals surface area contributed by atoms with Gasteiger partial charge in [0.2, 0.25) is 0 Å². The van der Waals surface area contributed by atoms with E-state index in [1.165, 1.54) is 0 Å². The second-order valence-electron chi connectivity index (χ2n) is 6.06. The van der Waals surface area contributed by atoms with Crippen molar-refractivity contribution in [1.82, 2.24) is 9.80 Å². The molecular formula is C14H28N2O2. The molecule has 1 aliphatic rings. The van der Waals surface area contributed by atoms with E-state index >= 15 is 0 Å². The maximum atomic E-state index is 11.4. The first-order valence-electron chi connectivity index (χ1n) is 6.99. The van der Waals surface area contributed by atoms with Gasteiger partial charge in [-0.3, -0.25) is 14.6 Å². The van der Waals surface area contributed by atoms with Gasteiger partial charge in [0.15, 0.2) is 0 Å². The molecule has 4 heteroatoms. The summed E-state index contributed by atoms with van der Waals surface area (Å²) in [6.45, 7) is 15.4. The van der Waals surface area contributed by atoms with Crippen molar-refractivity contribution < 1.29 is 9.53 Å². The molecule has 0 spiro atoms. The maximum absolute atomic E-state index is 11.4. The van der Waals surface area contributed by atoms with E-state index in [4.69, 9.17) is 4.74 Å². The lowest BCUT2D eigenvalue weighted by molar-refractivity contribution is -0.143. The lowest BCUT2D eigenvalue weighted by Crippen LogP contribution is -2.57. The Balaban J connectivity index is 2.36. The number of hydrogen-bond acceptors (Lipinski definition) is 4. The highest BCUT2D eigenvalue weighted by atomic mass is 16.5. The summed E-state index contributed by atoms with van der Waals surface area (Å²) in [6.07, 6.45) is 0.508. The molecule has 0 amide bonds. The Morgan fingerprint density at radius 2 is 2.00 bits per heavy atom. The fourth-order valence-corrected chi connectivity index (χ4v) is 2.40. The molecule has 1 fully saturated rings. The van der Waals surface area contributed by atoms with Crippen LogP contribution in [0.5, 0.6) is 0 Å². The van der Waals surface area contributed by atoms with E-state index in [9.17, 15) is 4.79 Å². The molecule has 0 unspecified atom stereocenters. The van der Waals surface area contributed by atoms with Crippen LogP contribution in [0.25, 0.3) is 0 Å². The molecule has 0 aromatic heterocycles. The number of ether oxygens (including phenoxy) is 1. The monoisotopic (exact) mass is 256 g/mol. The summed E-state index contributed by atoms with van der Waals surface area (Å²) in [5, 5.41) is 0. The predicted octanol–water partition coefficient (Wildman–Crippen LogP) is 1.74. The van der Waals surface area contributed by atoms with E-state index in [1.54, 1.807) is 0 Å². The van der Waals surface area contributed by atoms with Crippen molar-refractivity contribution in [1.29, 1.82) is 0 Å². The van der Waals surface area contributed by atoms with Crippen LogP contribution < -0.4 is 0 Å². The zero-order valence-corrected chi connectivity index (χ0v) is 12.5. The van der Waals surface area contributed by atoms with Gasteiger partial charge < -0.3 is 4.74 Å². The quantitative estimate of drug-likeness (QED) is 0.717. The Labute approximate surface area is 111 Å². The third-order valence-corrected chi connectivity index (χ3v) is 3.62. The van der Waals surface area contributed by atoms with Crippen molar-refractivity contribution in [3.8, 4) is 0 Å². The Kier molecular flexibility index (Phi) is 5.60. The van der Waals surface area contributed by atoms with Gasteiger partial charge >= 0.3 is 5.97 Å². The van der Waals surface area contributed by atoms with Crippen LogP contribution in [-0.4, -0.2) is 60.1 Å². The highest BCUT2D eigenvalue weighted by molar-refractivity contribution is 5.69. The Bertz CT molecular complexity index is 273. The molecule has 0 saturated carbocycles. The van der Waals surface area contributed by atoms with Gasteiger partial charge in [0.25, 0.3) is 0 Å². The molecule has 1 rings (SSSR count). The molecular weight excluding hydrogens is 228 g/mol. The van der Waals surface area contributed by atoms with Crippen molar-refractivity contribution in [2.45, 2.75) is 52.6 Å². The van der Waals surface area contributed by atoms with E-state index in [-0.39, 0.29) is 11.5 Å². The van der Waals surface area contributed by atoms with Crippen molar-refractivity contribution in [3.63, 3.8) is 0 Å². The third-order valence-electron chi connectivity index (χ3n) is 3.62. The van der Waals surface area contributed by atoms with Crippen LogP contribution in [0.4, 0.5) is 0 Å². The summed E-state index contributed by atoms with van der Waals surface area (Å²) in [4.78, 5) is 16.3. The van der Waals surface area contributed by atoms with Crippen LogP contribution in [0.15, 0.2) is 0 Å². The summed E-state index contributed by atoms with van der Waals surface area (Å²) in [5.74, 6) is -0.0806. The minimum atomic E-state index is -0.0806. The van der Waals surface area contributed by atoms with Crippen molar-refractivity contribution >= 4 is 5.97 Å². The molecule has 0 bridgehead atoms. The van der Waals surface area contributed by atoms with E-state index in [2.05, 4.69) is 37.5 Å². The second kappa shape index (κ2) is 6.53. The Hall–Kier alpha value is -0.610. The molecule has 0 aromatic carbocycles. The van der Waals surface area contributed by atoms with Gasteiger partial charge in [-0.1, -0.05) is 0 Å². The maximum Gasteiger partial charge on any atom is 0.307 e. The minimum Gasteiger partial charge on any atom is -0.466 e. The van der Waals surface area contributed by atoms with Gasteiger partial charge in [0, 0.05) is 37.8 Å². The molecule has 4 nitrogen and oxygen atoms in total. The lowest BCUT2D eigenvalue weighted by atomic mass is 10.0. The number of carbonyl (C=O) groups is 1. The summed E-state index contributed by atoms with van der Waals surface area (Å²) in [5.41, 5.74) is 0.238. The molecule has 1 saturated heterocycles. The third kappa shape index (κ3) is 4.58. The van der Waals surface area contributed by atoms with Crippen molar-refractivity contribution in [2.24, 2.45) is 0 Å². The number of hydrogen-bond donors (Lipinski definition) is 0. The van der Waals surface area contributed by atoms with Crippen LogP contribution in [0.3, 0.4) is 0 Å². The molecule has 0 radical (unpaired) electrons. The molecule has 106 valence electrons. The predicted molar refractivity (Wildman–Crippen MR) is 73.6 cm³/mol. The average Bonchev–Trinajstić information content (AvgIpc) is 2.26. The smallest absolute Gasteiger partial charge is 0.307 e. The first-order valence-corrected chi connectivity index (χ1v) is 6.99. The lowest BCUT2D eigenvalue weighted by Gasteiger charge is -2.45. The highest BCUT2D eigenvalue weighted by Gasteiger charge is 2.29. The number of esters is 1. The minimum absolute atomic E-state index is 0.0806. The van der Waals surface area contributed by atoms with Crippen LogP contribution in [-0.2, 0) is 9.53 Å². The van der Waals surface area contributed by atoms with E-state index in [0.717, 1.165) is 26.2 Å². The molecule has 0 N–H and O–H groups in total. The average molecular weight is 256 g/mol. The van der Waals surface area contributed by atoms with Crippen LogP contribution >= 0.6 is 0 Å². The topological polar surface area (TPSA) is 32.8 Å². The first-order chi connectivity index (χ1) is 8.34. The van der Waals surface area contributed by atoms with Gasteiger partial charge in [0.05, 0.1) is 13.0 Å². The molecule has 0 aliphatic carbocycles. The van der Waals surface area contributed by atoms with E-state index in [0.29, 0.717) is 19.1 Å². The number of piperazine rings is 1. The largest absolute Gasteiger partial charge is 0.466 e. The van der Waals surface area contributed by atoms with Crippen LogP contribution in [0.2, 0.25) is 0 Å². The van der Waals surface area contributed by atoms with Crippen molar-refractivity contribution in [2.75, 3.05) is 32.8 Å². The Morgan fingerprint density at radius 3 is 2.50 bits per heavy atom. The summed E-state index contributed by atoms with van der Waals surface area (Å²) < 4.78 is 4.97. The fraction of sp³-hybridized carbons (Fsp3) is 0.929. The molecule has 1 heterocycles. The summed E-state index contributed by atoms with van der Waals surface area (Å²) >= 11 is 0. The molecule has 18 heavy (non-hydrogen) atoms. The number of rotatable bonds is 4. The summed E-state index contributed by atoms with van der Waals surface area (Å²) in [6, 6.07) is 0.507. The van der Waals surface area contributed by atoms with Gasteiger partial charge in [0.1, 0.15) is 0 Å². The number of carbonyl (C=O) groups excluding carboxylic acids is 1. The van der Waals surface area contributed by atoms with Crippen LogP contribution in [0.1, 0.15) is 41.0 Å². The molecule has 1 aliphatic heterocycles. The molecule has 1 atom stereocenters. The van der Waals surface area contributed by atoms with Crippen LogP contribution in [0, 0.1) is 0 Å². The zero-order chi connectivity index (χ0) is 13.8. The van der Waals surface area contributed by atoms with Gasteiger partial charge in [-0.25, -0.2) is 0 Å². The highest BCUT2D eigenvalue weighted by Crippen LogP contribution is 2.19. The second-order valence-corrected chi connectivity index (χ2v) is 6.06. The molecule has 0 aromatic rings. The van der Waals surface area contributed by atoms with Gasteiger partial charge in [-0.05, 0) is 34.6 Å². The van der Waals surface area contributed by atoms with Crippen molar-refractivity contribution in [3.05, 3.63) is 0 Å². The fourth-order valence-electron chi connectivity index (χ4n) is 2.40. The van der Waals surface area contributed by atoms with E-state index in [1.807, 2.05) is 6.92 Å². The SMILES string of the molecule is CCOC(=O)CCN1CCN(C(C)(C)C)C[C@@H]1C. The number of nitrogens with zero attached hydrogens (tertiary/aromatic N) is 2. The van der Waals surface area contributed by atoms with Gasteiger partial charge in [-0.15, -0.1) is 0 Å².